The topological polar surface area (TPSA) is 55.4 Å². The Balaban J connectivity index is 2.24. The summed E-state index contributed by atoms with van der Waals surface area (Å²) in [5.74, 6) is -0.520. The van der Waals surface area contributed by atoms with E-state index in [-0.39, 0.29) is 15.6 Å². The van der Waals surface area contributed by atoms with Crippen molar-refractivity contribution in [1.82, 2.24) is 0 Å². The minimum Gasteiger partial charge on any atom is -0.491 e. The summed E-state index contributed by atoms with van der Waals surface area (Å²) in [5.41, 5.74) is 0.149. The fourth-order valence-corrected chi connectivity index (χ4v) is 4.54. The molecule has 2 aromatic rings. The van der Waals surface area contributed by atoms with Gasteiger partial charge in [0.15, 0.2) is 11.6 Å². The van der Waals surface area contributed by atoms with Crippen molar-refractivity contribution in [1.29, 1.82) is 0 Å². The Hall–Kier alpha value is -1.12. The molecule has 0 fully saturated rings. The van der Waals surface area contributed by atoms with E-state index in [4.69, 9.17) is 4.74 Å². The van der Waals surface area contributed by atoms with E-state index >= 15 is 0 Å². The summed E-state index contributed by atoms with van der Waals surface area (Å²) >= 11 is 4.28. The van der Waals surface area contributed by atoms with Crippen LogP contribution in [0.5, 0.6) is 5.75 Å². The molecule has 0 saturated heterocycles. The van der Waals surface area contributed by atoms with E-state index in [1.807, 2.05) is 0 Å². The molecule has 0 atom stereocenters. The first kappa shape index (κ1) is 15.3. The zero-order chi connectivity index (χ0) is 14.8. The molecule has 0 aliphatic rings. The van der Waals surface area contributed by atoms with Gasteiger partial charge in [-0.3, -0.25) is 4.72 Å². The van der Waals surface area contributed by atoms with Gasteiger partial charge in [-0.25, -0.2) is 12.8 Å². The summed E-state index contributed by atoms with van der Waals surface area (Å²) < 4.78 is 46.0. The molecule has 0 unspecified atom stereocenters. The number of benzene rings is 1. The molecule has 8 heteroatoms. The highest BCUT2D eigenvalue weighted by atomic mass is 79.9. The molecule has 2 rings (SSSR count). The summed E-state index contributed by atoms with van der Waals surface area (Å²) in [6, 6.07) is 7.04. The van der Waals surface area contributed by atoms with Gasteiger partial charge in [0.2, 0.25) is 0 Å². The monoisotopic (exact) mass is 379 g/mol. The van der Waals surface area contributed by atoms with E-state index in [0.717, 1.165) is 17.4 Å². The fourth-order valence-electron chi connectivity index (χ4n) is 1.48. The van der Waals surface area contributed by atoms with Gasteiger partial charge < -0.3 is 4.74 Å². The lowest BCUT2D eigenvalue weighted by atomic mass is 10.3. The van der Waals surface area contributed by atoms with Crippen molar-refractivity contribution >= 4 is 43.0 Å². The van der Waals surface area contributed by atoms with Crippen molar-refractivity contribution in [3.05, 3.63) is 39.9 Å². The number of halogens is 2. The number of thiophene rings is 1. The highest BCUT2D eigenvalue weighted by Crippen LogP contribution is 2.28. The summed E-state index contributed by atoms with van der Waals surface area (Å²) in [7, 11) is -3.70. The van der Waals surface area contributed by atoms with E-state index < -0.39 is 15.8 Å². The van der Waals surface area contributed by atoms with Crippen molar-refractivity contribution < 1.29 is 17.5 Å². The summed E-state index contributed by atoms with van der Waals surface area (Å²) in [6.07, 6.45) is 0. The van der Waals surface area contributed by atoms with Crippen LogP contribution in [0.1, 0.15) is 6.92 Å². The highest BCUT2D eigenvalue weighted by molar-refractivity contribution is 9.11. The fraction of sp³-hybridized carbons (Fsp3) is 0.167. The molecule has 0 bridgehead atoms. The molecule has 0 amide bonds. The Morgan fingerprint density at radius 2 is 2.10 bits per heavy atom. The number of hydrogen-bond donors (Lipinski definition) is 1. The Bertz CT molecular complexity index is 715. The lowest BCUT2D eigenvalue weighted by Crippen LogP contribution is -2.11. The van der Waals surface area contributed by atoms with Gasteiger partial charge in [-0.05, 0) is 47.1 Å². The van der Waals surface area contributed by atoms with E-state index in [0.29, 0.717) is 10.4 Å². The first-order chi connectivity index (χ1) is 9.42. The van der Waals surface area contributed by atoms with Gasteiger partial charge in [0, 0.05) is 6.07 Å². The molecule has 1 aromatic heterocycles. The van der Waals surface area contributed by atoms with Gasteiger partial charge in [0.25, 0.3) is 10.0 Å². The zero-order valence-corrected chi connectivity index (χ0v) is 13.6. The van der Waals surface area contributed by atoms with Crippen LogP contribution in [0.2, 0.25) is 0 Å². The van der Waals surface area contributed by atoms with Crippen LogP contribution in [-0.4, -0.2) is 15.0 Å². The molecule has 0 spiro atoms. The second-order valence-corrected chi connectivity index (χ2v) is 8.11. The lowest BCUT2D eigenvalue weighted by molar-refractivity contribution is 0.321. The maximum absolute atomic E-state index is 13.7. The predicted molar refractivity (Wildman–Crippen MR) is 80.4 cm³/mol. The Morgan fingerprint density at radius 3 is 2.65 bits per heavy atom. The van der Waals surface area contributed by atoms with Crippen molar-refractivity contribution in [2.24, 2.45) is 0 Å². The van der Waals surface area contributed by atoms with Gasteiger partial charge in [-0.1, -0.05) is 0 Å². The number of ether oxygens (including phenoxy) is 1. The van der Waals surface area contributed by atoms with Crippen molar-refractivity contribution in [2.75, 3.05) is 11.3 Å². The molecule has 4 nitrogen and oxygen atoms in total. The Kier molecular flexibility index (Phi) is 4.66. The van der Waals surface area contributed by atoms with Crippen LogP contribution in [0.15, 0.2) is 38.3 Å². The van der Waals surface area contributed by atoms with Crippen LogP contribution in [-0.2, 0) is 10.0 Å². The van der Waals surface area contributed by atoms with Gasteiger partial charge in [-0.15, -0.1) is 11.3 Å². The number of rotatable bonds is 5. The first-order valence-corrected chi connectivity index (χ1v) is 8.72. The van der Waals surface area contributed by atoms with Crippen LogP contribution < -0.4 is 9.46 Å². The second kappa shape index (κ2) is 6.11. The van der Waals surface area contributed by atoms with Crippen molar-refractivity contribution in [2.45, 2.75) is 11.1 Å². The van der Waals surface area contributed by atoms with Gasteiger partial charge in [-0.2, -0.15) is 0 Å². The highest BCUT2D eigenvalue weighted by Gasteiger charge is 2.17. The van der Waals surface area contributed by atoms with E-state index in [1.165, 1.54) is 18.2 Å². The Labute approximate surface area is 128 Å². The summed E-state index contributed by atoms with van der Waals surface area (Å²) in [4.78, 5) is 0. The lowest BCUT2D eigenvalue weighted by Gasteiger charge is -2.09. The molecule has 1 heterocycles. The van der Waals surface area contributed by atoms with Crippen LogP contribution in [0, 0.1) is 5.82 Å². The number of sulfonamides is 1. The third-order valence-corrected chi connectivity index (χ3v) is 5.79. The van der Waals surface area contributed by atoms with Crippen molar-refractivity contribution in [3.63, 3.8) is 0 Å². The minimum atomic E-state index is -3.70. The SMILES string of the molecule is CCOc1ccc(NS(=O)(=O)c2ccc(Br)s2)cc1F. The molecule has 0 radical (unpaired) electrons. The second-order valence-electron chi connectivity index (χ2n) is 3.74. The predicted octanol–water partition coefficient (Wildman–Crippen LogP) is 3.85. The first-order valence-electron chi connectivity index (χ1n) is 5.63. The largest absolute Gasteiger partial charge is 0.491 e. The molecule has 0 aliphatic carbocycles. The maximum Gasteiger partial charge on any atom is 0.271 e. The standard InChI is InChI=1S/C12H11BrFNO3S2/c1-2-18-10-4-3-8(7-9(10)14)15-20(16,17)12-6-5-11(13)19-12/h3-7,15H,2H2,1H3. The number of nitrogens with one attached hydrogen (secondary N) is 1. The smallest absolute Gasteiger partial charge is 0.271 e. The zero-order valence-electron chi connectivity index (χ0n) is 10.4. The summed E-state index contributed by atoms with van der Waals surface area (Å²) in [6.45, 7) is 2.08. The van der Waals surface area contributed by atoms with E-state index in [9.17, 15) is 12.8 Å². The molecule has 20 heavy (non-hydrogen) atoms. The van der Waals surface area contributed by atoms with E-state index in [2.05, 4.69) is 20.7 Å². The molecule has 1 aromatic carbocycles. The van der Waals surface area contributed by atoms with Crippen LogP contribution in [0.4, 0.5) is 10.1 Å². The normalized spacial score (nSPS) is 11.3. The van der Waals surface area contributed by atoms with Crippen LogP contribution in [0.25, 0.3) is 0 Å². The molecule has 0 saturated carbocycles. The minimum absolute atomic E-state index is 0.0920. The third-order valence-electron chi connectivity index (χ3n) is 2.30. The average Bonchev–Trinajstić information content (AvgIpc) is 2.80. The van der Waals surface area contributed by atoms with E-state index in [1.54, 1.807) is 13.0 Å². The molecule has 108 valence electrons. The third kappa shape index (κ3) is 3.50. The van der Waals surface area contributed by atoms with Crippen LogP contribution in [0.3, 0.4) is 0 Å². The van der Waals surface area contributed by atoms with Gasteiger partial charge in [0.05, 0.1) is 16.1 Å². The molecular formula is C12H11BrFNO3S2. The quantitative estimate of drug-likeness (QED) is 0.858. The maximum atomic E-state index is 13.7. The Morgan fingerprint density at radius 1 is 1.35 bits per heavy atom. The summed E-state index contributed by atoms with van der Waals surface area (Å²) in [5, 5.41) is 0. The van der Waals surface area contributed by atoms with Gasteiger partial charge >= 0.3 is 0 Å². The molecule has 1 N–H and O–H groups in total. The number of hydrogen-bond acceptors (Lipinski definition) is 4. The van der Waals surface area contributed by atoms with Crippen LogP contribution >= 0.6 is 27.3 Å². The van der Waals surface area contributed by atoms with Gasteiger partial charge in [0.1, 0.15) is 4.21 Å². The number of anilines is 1. The average molecular weight is 380 g/mol. The van der Waals surface area contributed by atoms with Crippen molar-refractivity contribution in [3.8, 4) is 5.75 Å². The molecule has 0 aliphatic heterocycles. The molecular weight excluding hydrogens is 369 g/mol.